The van der Waals surface area contributed by atoms with E-state index in [2.05, 4.69) is 41.5 Å². The van der Waals surface area contributed by atoms with Gasteiger partial charge in [-0.25, -0.2) is 0 Å². The van der Waals surface area contributed by atoms with Crippen LogP contribution in [0.3, 0.4) is 0 Å². The van der Waals surface area contributed by atoms with Crippen LogP contribution in [0, 0.1) is 6.92 Å². The lowest BCUT2D eigenvalue weighted by Gasteiger charge is -2.34. The minimum absolute atomic E-state index is 0.0669. The van der Waals surface area contributed by atoms with E-state index in [0.29, 0.717) is 18.4 Å². The van der Waals surface area contributed by atoms with Crippen LogP contribution in [0.25, 0.3) is 0 Å². The lowest BCUT2D eigenvalue weighted by atomic mass is 9.78. The molecule has 5 rings (SSSR count). The molecule has 0 unspecified atom stereocenters. The van der Waals surface area contributed by atoms with Crippen molar-refractivity contribution in [2.45, 2.75) is 38.6 Å². The Kier molecular flexibility index (Phi) is 5.10. The smallest absolute Gasteiger partial charge is 0.224 e. The summed E-state index contributed by atoms with van der Waals surface area (Å²) in [5, 5.41) is 3.53. The summed E-state index contributed by atoms with van der Waals surface area (Å²) < 4.78 is 0. The number of aryl methyl sites for hydroxylation is 1. The van der Waals surface area contributed by atoms with Crippen molar-refractivity contribution in [2.75, 3.05) is 10.2 Å². The van der Waals surface area contributed by atoms with Gasteiger partial charge in [0.15, 0.2) is 5.78 Å². The number of fused-ring (bicyclic) bond motifs is 1. The summed E-state index contributed by atoms with van der Waals surface area (Å²) in [5.74, 6) is 0.0486. The number of carbonyl (C=O) groups is 2. The van der Waals surface area contributed by atoms with Crippen molar-refractivity contribution in [1.29, 1.82) is 0 Å². The number of nitrogens with zero attached hydrogens (tertiary/aromatic N) is 2. The zero-order valence-electron chi connectivity index (χ0n) is 18.2. The summed E-state index contributed by atoms with van der Waals surface area (Å²) in [6.45, 7) is 3.61. The fraction of sp³-hybridized carbons (Fsp3) is 0.222. The molecule has 1 aliphatic carbocycles. The van der Waals surface area contributed by atoms with E-state index in [1.165, 1.54) is 5.56 Å². The quantitative estimate of drug-likeness (QED) is 0.607. The molecule has 0 fully saturated rings. The van der Waals surface area contributed by atoms with E-state index >= 15 is 0 Å². The number of rotatable bonds is 2. The molecule has 160 valence electrons. The third-order valence-electron chi connectivity index (χ3n) is 6.38. The molecular weight excluding hydrogens is 398 g/mol. The predicted octanol–water partition coefficient (Wildman–Crippen LogP) is 5.31. The molecule has 5 heteroatoms. The van der Waals surface area contributed by atoms with Gasteiger partial charge in [-0.05, 0) is 48.6 Å². The minimum Gasteiger partial charge on any atom is -0.357 e. The maximum Gasteiger partial charge on any atom is 0.224 e. The van der Waals surface area contributed by atoms with Gasteiger partial charge in [0.25, 0.3) is 0 Å². The average molecular weight is 424 g/mol. The summed E-state index contributed by atoms with van der Waals surface area (Å²) >= 11 is 0. The van der Waals surface area contributed by atoms with Crippen molar-refractivity contribution >= 4 is 23.1 Å². The fourth-order valence-electron chi connectivity index (χ4n) is 4.87. The highest BCUT2D eigenvalue weighted by molar-refractivity contribution is 6.05. The number of hydrogen-bond acceptors (Lipinski definition) is 4. The number of Topliss-reactive ketones (excluding diaryl/α,β-unsaturated/α-hetero) is 1. The molecule has 2 heterocycles. The van der Waals surface area contributed by atoms with E-state index in [4.69, 9.17) is 0 Å². The Hall–Kier alpha value is -3.73. The second-order valence-corrected chi connectivity index (χ2v) is 8.55. The number of nitrogens with one attached hydrogen (secondary N) is 1. The Balaban J connectivity index is 1.68. The molecular formula is C27H25N3O2. The third kappa shape index (κ3) is 3.50. The first-order valence-corrected chi connectivity index (χ1v) is 10.9. The second kappa shape index (κ2) is 8.08. The number of allylic oxidation sites excluding steroid dienone is 1. The summed E-state index contributed by atoms with van der Waals surface area (Å²) in [4.78, 5) is 32.6. The fourth-order valence-corrected chi connectivity index (χ4v) is 4.87. The SMILES string of the molecule is CC(=O)N1c2ccccc2NC2=C(C(=O)C[C@H](c3ccc(C)cc3)C2)[C@H]1c1cccnc1. The Morgan fingerprint density at radius 1 is 1.00 bits per heavy atom. The van der Waals surface area contributed by atoms with Crippen molar-refractivity contribution in [3.8, 4) is 0 Å². The molecule has 0 bridgehead atoms. The van der Waals surface area contributed by atoms with Crippen LogP contribution in [0.2, 0.25) is 0 Å². The van der Waals surface area contributed by atoms with E-state index in [-0.39, 0.29) is 17.6 Å². The van der Waals surface area contributed by atoms with Gasteiger partial charge in [-0.1, -0.05) is 48.0 Å². The first kappa shape index (κ1) is 20.2. The number of amides is 1. The molecule has 5 nitrogen and oxygen atoms in total. The molecule has 1 aromatic heterocycles. The highest BCUT2D eigenvalue weighted by Crippen LogP contribution is 2.47. The molecule has 1 aliphatic heterocycles. The van der Waals surface area contributed by atoms with Gasteiger partial charge in [-0.2, -0.15) is 0 Å². The monoisotopic (exact) mass is 423 g/mol. The standard InChI is InChI=1S/C27H25N3O2/c1-17-9-11-19(12-10-17)21-14-23-26(25(32)15-21)27(20-6-5-13-28-16-20)30(18(2)31)24-8-4-3-7-22(24)29-23/h3-13,16,21,27,29H,14-15H2,1-2H3/t21-,27-/m1/s1. The van der Waals surface area contributed by atoms with Gasteiger partial charge in [0.1, 0.15) is 0 Å². The summed E-state index contributed by atoms with van der Waals surface area (Å²) in [7, 11) is 0. The van der Waals surface area contributed by atoms with Gasteiger partial charge in [0.2, 0.25) is 5.91 Å². The van der Waals surface area contributed by atoms with Gasteiger partial charge < -0.3 is 5.32 Å². The summed E-state index contributed by atoms with van der Waals surface area (Å²) in [6, 6.07) is 19.4. The van der Waals surface area contributed by atoms with Crippen LogP contribution < -0.4 is 10.2 Å². The normalized spacial score (nSPS) is 20.2. The lowest BCUT2D eigenvalue weighted by molar-refractivity contribution is -0.117. The zero-order chi connectivity index (χ0) is 22.2. The van der Waals surface area contributed by atoms with Crippen LogP contribution in [-0.2, 0) is 9.59 Å². The number of hydrogen-bond donors (Lipinski definition) is 1. The van der Waals surface area contributed by atoms with E-state index in [1.807, 2.05) is 36.4 Å². The highest BCUT2D eigenvalue weighted by atomic mass is 16.2. The van der Waals surface area contributed by atoms with Crippen molar-refractivity contribution in [3.05, 3.63) is 101 Å². The van der Waals surface area contributed by atoms with Crippen molar-refractivity contribution < 1.29 is 9.59 Å². The molecule has 2 aliphatic rings. The van der Waals surface area contributed by atoms with Crippen LogP contribution in [0.1, 0.15) is 48.4 Å². The van der Waals surface area contributed by atoms with Crippen LogP contribution in [0.5, 0.6) is 0 Å². The number of benzene rings is 2. The highest BCUT2D eigenvalue weighted by Gasteiger charge is 2.40. The molecule has 2 atom stereocenters. The number of aromatic nitrogens is 1. The van der Waals surface area contributed by atoms with Crippen LogP contribution >= 0.6 is 0 Å². The largest absolute Gasteiger partial charge is 0.357 e. The zero-order valence-corrected chi connectivity index (χ0v) is 18.2. The van der Waals surface area contributed by atoms with Crippen LogP contribution in [0.15, 0.2) is 84.3 Å². The van der Waals surface area contributed by atoms with Gasteiger partial charge in [-0.15, -0.1) is 0 Å². The number of para-hydroxylation sites is 2. The number of anilines is 2. The molecule has 0 spiro atoms. The Morgan fingerprint density at radius 2 is 1.78 bits per heavy atom. The molecule has 0 radical (unpaired) electrons. The maximum atomic E-state index is 13.7. The Morgan fingerprint density at radius 3 is 2.50 bits per heavy atom. The number of pyridine rings is 1. The number of carbonyl (C=O) groups excluding carboxylic acids is 2. The molecule has 1 amide bonds. The van der Waals surface area contributed by atoms with Crippen molar-refractivity contribution in [3.63, 3.8) is 0 Å². The van der Waals surface area contributed by atoms with Crippen LogP contribution in [0.4, 0.5) is 11.4 Å². The molecule has 1 N–H and O–H groups in total. The van der Waals surface area contributed by atoms with Gasteiger partial charge in [-0.3, -0.25) is 19.5 Å². The first-order valence-electron chi connectivity index (χ1n) is 10.9. The average Bonchev–Trinajstić information content (AvgIpc) is 2.94. The summed E-state index contributed by atoms with van der Waals surface area (Å²) in [5.41, 5.74) is 6.34. The topological polar surface area (TPSA) is 62.3 Å². The predicted molar refractivity (Wildman–Crippen MR) is 125 cm³/mol. The second-order valence-electron chi connectivity index (χ2n) is 8.55. The Bertz CT molecular complexity index is 1220. The third-order valence-corrected chi connectivity index (χ3v) is 6.38. The molecule has 3 aromatic rings. The van der Waals surface area contributed by atoms with Gasteiger partial charge in [0.05, 0.1) is 17.4 Å². The van der Waals surface area contributed by atoms with Gasteiger partial charge >= 0.3 is 0 Å². The Labute approximate surface area is 187 Å². The molecule has 0 saturated carbocycles. The lowest BCUT2D eigenvalue weighted by Crippen LogP contribution is -2.37. The van der Waals surface area contributed by atoms with Crippen molar-refractivity contribution in [1.82, 2.24) is 4.98 Å². The molecule has 0 saturated heterocycles. The van der Waals surface area contributed by atoms with Crippen LogP contribution in [-0.4, -0.2) is 16.7 Å². The molecule has 32 heavy (non-hydrogen) atoms. The number of ketones is 1. The van der Waals surface area contributed by atoms with E-state index < -0.39 is 6.04 Å². The van der Waals surface area contributed by atoms with Gasteiger partial charge in [0, 0.05) is 37.0 Å². The maximum absolute atomic E-state index is 13.7. The first-order chi connectivity index (χ1) is 15.5. The van der Waals surface area contributed by atoms with E-state index in [1.54, 1.807) is 24.2 Å². The molecule has 2 aromatic carbocycles. The van der Waals surface area contributed by atoms with E-state index in [0.717, 1.165) is 28.2 Å². The minimum atomic E-state index is -0.515. The van der Waals surface area contributed by atoms with Crippen molar-refractivity contribution in [2.24, 2.45) is 0 Å². The summed E-state index contributed by atoms with van der Waals surface area (Å²) in [6.07, 6.45) is 4.58. The van der Waals surface area contributed by atoms with E-state index in [9.17, 15) is 9.59 Å².